The van der Waals surface area contributed by atoms with E-state index in [2.05, 4.69) is 26.6 Å². The number of hydrogen-bond acceptors (Lipinski definition) is 8. The van der Waals surface area contributed by atoms with Gasteiger partial charge in [0.2, 0.25) is 47.3 Å². The van der Waals surface area contributed by atoms with Gasteiger partial charge in [0.25, 0.3) is 0 Å². The molecule has 372 valence electrons. The lowest BCUT2D eigenvalue weighted by Gasteiger charge is -2.37. The van der Waals surface area contributed by atoms with Crippen LogP contribution in [0.1, 0.15) is 145 Å². The van der Waals surface area contributed by atoms with Gasteiger partial charge in [-0.25, -0.2) is 0 Å². The Bertz CT molecular complexity index is 1790. The molecule has 0 aliphatic carbocycles. The van der Waals surface area contributed by atoms with E-state index in [4.69, 9.17) is 11.6 Å². The Kier molecular flexibility index (Phi) is 24.7. The summed E-state index contributed by atoms with van der Waals surface area (Å²) < 4.78 is 0. The second kappa shape index (κ2) is 28.4. The topological polar surface area (TPSA) is 206 Å². The number of halogens is 1. The molecular weight excluding hydrogens is 864 g/mol. The molecule has 1 saturated heterocycles. The lowest BCUT2D eigenvalue weighted by atomic mass is 9.83. The van der Waals surface area contributed by atoms with Crippen LogP contribution in [0.15, 0.2) is 24.3 Å². The number of hydrogen-bond donors (Lipinski definition) is 5. The molecule has 0 unspecified atom stereocenters. The highest BCUT2D eigenvalue weighted by molar-refractivity contribution is 6.30. The van der Waals surface area contributed by atoms with Crippen molar-refractivity contribution in [3.63, 3.8) is 0 Å². The molecule has 1 aromatic carbocycles. The summed E-state index contributed by atoms with van der Waals surface area (Å²) >= 11 is 6.37. The summed E-state index contributed by atoms with van der Waals surface area (Å²) in [6.07, 6.45) is 5.17. The third-order valence-electron chi connectivity index (χ3n) is 12.8. The second-order valence-corrected chi connectivity index (χ2v) is 19.1. The Labute approximate surface area is 399 Å². The molecule has 1 aliphatic rings. The largest absolute Gasteiger partial charge is 0.356 e. The minimum Gasteiger partial charge on any atom is -0.356 e. The van der Waals surface area contributed by atoms with E-state index in [-0.39, 0.29) is 62.3 Å². The Morgan fingerprint density at radius 3 is 2.20 bits per heavy atom. The van der Waals surface area contributed by atoms with Crippen LogP contribution in [0.25, 0.3) is 0 Å². The monoisotopic (exact) mass is 945 g/mol. The molecule has 8 amide bonds. The van der Waals surface area contributed by atoms with Gasteiger partial charge in [-0.2, -0.15) is 0 Å². The summed E-state index contributed by atoms with van der Waals surface area (Å²) in [7, 11) is 3.14. The normalized spacial score (nSPS) is 20.3. The molecule has 17 heteroatoms. The van der Waals surface area contributed by atoms with Gasteiger partial charge in [-0.15, -0.1) is 0 Å². The molecule has 0 aromatic heterocycles. The molecule has 1 heterocycles. The molecule has 0 spiro atoms. The highest BCUT2D eigenvalue weighted by Crippen LogP contribution is 2.26. The molecule has 0 radical (unpaired) electrons. The number of carbonyl (C=O) groups is 8. The molecule has 0 bridgehead atoms. The van der Waals surface area contributed by atoms with Crippen LogP contribution in [0, 0.1) is 11.3 Å². The molecule has 2 rings (SSSR count). The van der Waals surface area contributed by atoms with Crippen LogP contribution in [0.3, 0.4) is 0 Å². The van der Waals surface area contributed by atoms with E-state index in [0.29, 0.717) is 75.0 Å². The van der Waals surface area contributed by atoms with Crippen LogP contribution in [0.4, 0.5) is 0 Å². The second-order valence-electron chi connectivity index (χ2n) is 18.6. The Morgan fingerprint density at radius 2 is 1.61 bits per heavy atom. The summed E-state index contributed by atoms with van der Waals surface area (Å²) in [6, 6.07) is 0.859. The number of carbonyl (C=O) groups excluding carboxylic acids is 8. The first-order valence-corrected chi connectivity index (χ1v) is 24.5. The van der Waals surface area contributed by atoms with Crippen molar-refractivity contribution < 1.29 is 38.4 Å². The van der Waals surface area contributed by atoms with Gasteiger partial charge < -0.3 is 41.3 Å². The van der Waals surface area contributed by atoms with Crippen LogP contribution < -0.4 is 26.6 Å². The zero-order chi connectivity index (χ0) is 49.7. The fourth-order valence-electron chi connectivity index (χ4n) is 8.06. The lowest BCUT2D eigenvalue weighted by Crippen LogP contribution is -2.61. The smallest absolute Gasteiger partial charge is 0.245 e. The average Bonchev–Trinajstić information content (AvgIpc) is 3.27. The summed E-state index contributed by atoms with van der Waals surface area (Å²) in [6.45, 7) is 17.2. The number of rotatable bonds is 21. The zero-order valence-electron chi connectivity index (χ0n) is 41.7. The Hall–Kier alpha value is -4.73. The van der Waals surface area contributed by atoms with E-state index in [9.17, 15) is 33.6 Å². The number of nitrogens with zero attached hydrogens (tertiary/aromatic N) is 3. The molecule has 5 N–H and O–H groups in total. The number of benzene rings is 1. The molecule has 16 nitrogen and oxygen atoms in total. The number of amides is 8. The summed E-state index contributed by atoms with van der Waals surface area (Å²) in [5.74, 6) is -3.48. The van der Waals surface area contributed by atoms with Crippen molar-refractivity contribution in [1.82, 2.24) is 41.3 Å². The maximum Gasteiger partial charge on any atom is 0.245 e. The Balaban J connectivity index is 2.67. The van der Waals surface area contributed by atoms with E-state index in [1.807, 2.05) is 47.6 Å². The molecule has 6 atom stereocenters. The third kappa shape index (κ3) is 17.8. The van der Waals surface area contributed by atoms with E-state index in [1.54, 1.807) is 39.1 Å². The van der Waals surface area contributed by atoms with Gasteiger partial charge in [0.15, 0.2) is 0 Å². The maximum atomic E-state index is 15.0. The first-order chi connectivity index (χ1) is 31.1. The van der Waals surface area contributed by atoms with Gasteiger partial charge in [0.1, 0.15) is 36.3 Å². The zero-order valence-corrected chi connectivity index (χ0v) is 42.4. The number of unbranched alkanes of at least 4 members (excludes halogenated alkanes) is 2. The van der Waals surface area contributed by atoms with Crippen molar-refractivity contribution in [2.45, 2.75) is 182 Å². The van der Waals surface area contributed by atoms with Gasteiger partial charge in [-0.05, 0) is 101 Å². The Morgan fingerprint density at radius 1 is 0.924 bits per heavy atom. The predicted octanol–water partition coefficient (Wildman–Crippen LogP) is 4.90. The minimum absolute atomic E-state index is 0.0688. The van der Waals surface area contributed by atoms with E-state index in [0.717, 1.165) is 0 Å². The first kappa shape index (κ1) is 57.4. The number of likely N-dealkylation sites (N-methyl/N-ethyl adjacent to an activating group) is 2. The molecule has 1 aliphatic heterocycles. The minimum atomic E-state index is -1.10. The number of nitrogens with one attached hydrogen (secondary N) is 5. The standard InChI is InChI=1S/C49H81ClN8O8/c1-12-16-28-58-41(31-35-22-21-23-36(50)30-35)44(62)52-33(7)45(63)56(10)27-20-18-25-40(43(61)54-39(47(58)65)29-32(5)6)57(11)46(64)38(24-17-19-26-51-34(8)59)53-42(60)37(13-2)55-48(66)49(9,14-3)15-4/h21-23,30,32-33,37-41H,12-20,24-29,31H2,1-11H3,(H,51,59)(H,52,62)(H,53,60)(H,54,61)(H,55,66)/t33-,37+,38+,39+,40+,41+/m1/s1. The van der Waals surface area contributed by atoms with Crippen molar-refractivity contribution in [1.29, 1.82) is 0 Å². The van der Waals surface area contributed by atoms with Crippen LogP contribution in [-0.4, -0.2) is 132 Å². The van der Waals surface area contributed by atoms with E-state index < -0.39 is 71.2 Å². The van der Waals surface area contributed by atoms with Crippen molar-refractivity contribution in [2.24, 2.45) is 11.3 Å². The molecule has 66 heavy (non-hydrogen) atoms. The SMILES string of the molecule is CCCCN1C(=O)[C@H](CC(C)C)NC(=O)[C@@H](N(C)C(=O)[C@H](CCCCNC(C)=O)NC(=O)[C@H](CC)NC(=O)C(C)(CC)CC)CCCCN(C)C(=O)[C@@H](C)NC(=O)[C@@H]1Cc1cccc(Cl)c1. The van der Waals surface area contributed by atoms with Crippen molar-refractivity contribution >= 4 is 58.9 Å². The summed E-state index contributed by atoms with van der Waals surface area (Å²) in [4.78, 5) is 116. The highest BCUT2D eigenvalue weighted by Gasteiger charge is 2.40. The van der Waals surface area contributed by atoms with Crippen LogP contribution in [-0.2, 0) is 44.8 Å². The van der Waals surface area contributed by atoms with Crippen molar-refractivity contribution in [3.05, 3.63) is 34.9 Å². The predicted molar refractivity (Wildman–Crippen MR) is 258 cm³/mol. The molecule has 1 aromatic rings. The first-order valence-electron chi connectivity index (χ1n) is 24.2. The molecule has 0 saturated carbocycles. The lowest BCUT2D eigenvalue weighted by molar-refractivity contribution is -0.147. The van der Waals surface area contributed by atoms with E-state index >= 15 is 4.79 Å². The third-order valence-corrected chi connectivity index (χ3v) is 13.1. The molecular formula is C49H81ClN8O8. The van der Waals surface area contributed by atoms with Gasteiger partial charge in [-0.3, -0.25) is 38.4 Å². The van der Waals surface area contributed by atoms with Gasteiger partial charge >= 0.3 is 0 Å². The average molecular weight is 946 g/mol. The summed E-state index contributed by atoms with van der Waals surface area (Å²) in [5, 5.41) is 14.9. The van der Waals surface area contributed by atoms with Crippen LogP contribution in [0.2, 0.25) is 5.02 Å². The van der Waals surface area contributed by atoms with Crippen molar-refractivity contribution in [3.8, 4) is 0 Å². The van der Waals surface area contributed by atoms with Crippen LogP contribution in [0.5, 0.6) is 0 Å². The van der Waals surface area contributed by atoms with Crippen LogP contribution >= 0.6 is 11.6 Å². The maximum absolute atomic E-state index is 15.0. The van der Waals surface area contributed by atoms with Gasteiger partial charge in [0.05, 0.1) is 0 Å². The highest BCUT2D eigenvalue weighted by atomic mass is 35.5. The van der Waals surface area contributed by atoms with Gasteiger partial charge in [0, 0.05) is 57.5 Å². The quantitative estimate of drug-likeness (QED) is 0.107. The summed E-state index contributed by atoms with van der Waals surface area (Å²) in [5.41, 5.74) is 0.0210. The van der Waals surface area contributed by atoms with Gasteiger partial charge in [-0.1, -0.05) is 78.6 Å². The fraction of sp³-hybridized carbons (Fsp3) is 0.714. The van der Waals surface area contributed by atoms with E-state index in [1.165, 1.54) is 28.7 Å². The fourth-order valence-corrected chi connectivity index (χ4v) is 8.28. The van der Waals surface area contributed by atoms with Crippen molar-refractivity contribution in [2.75, 3.05) is 33.7 Å². The molecule has 1 fully saturated rings.